The number of ether oxygens (including phenoxy) is 1. The predicted octanol–water partition coefficient (Wildman–Crippen LogP) is 1.54. The first-order valence-corrected chi connectivity index (χ1v) is 6.28. The molecular formula is C8H15NO4S2. The van der Waals surface area contributed by atoms with Crippen LogP contribution >= 0.6 is 22.5 Å². The van der Waals surface area contributed by atoms with Gasteiger partial charge in [0.1, 0.15) is 11.6 Å². The molecule has 0 aliphatic rings. The van der Waals surface area contributed by atoms with Crippen molar-refractivity contribution in [3.63, 3.8) is 0 Å². The van der Waals surface area contributed by atoms with Crippen LogP contribution in [0.3, 0.4) is 0 Å². The number of carboxylic acid groups (broad SMARTS) is 1. The highest BCUT2D eigenvalue weighted by Crippen LogP contribution is 2.09. The van der Waals surface area contributed by atoms with Crippen LogP contribution < -0.4 is 5.32 Å². The van der Waals surface area contributed by atoms with E-state index in [1.807, 2.05) is 0 Å². The van der Waals surface area contributed by atoms with Crippen LogP contribution in [0.4, 0.5) is 4.79 Å². The van der Waals surface area contributed by atoms with Gasteiger partial charge in [0.2, 0.25) is 0 Å². The third-order valence-corrected chi connectivity index (χ3v) is 2.16. The molecule has 0 saturated carbocycles. The zero-order valence-electron chi connectivity index (χ0n) is 8.81. The fraction of sp³-hybridized carbons (Fsp3) is 0.750. The molecule has 0 saturated heterocycles. The fourth-order valence-corrected chi connectivity index (χ4v) is 1.52. The van der Waals surface area contributed by atoms with Gasteiger partial charge >= 0.3 is 12.1 Å². The molecule has 0 fully saturated rings. The SMILES string of the molecule is CC(C)(C)OC(=O)N[C@@H](CSS)C(=O)O. The summed E-state index contributed by atoms with van der Waals surface area (Å²) in [6.07, 6.45) is -0.739. The Morgan fingerprint density at radius 1 is 1.53 bits per heavy atom. The molecule has 0 rings (SSSR count). The molecule has 0 bridgehead atoms. The van der Waals surface area contributed by atoms with Crippen molar-refractivity contribution in [3.8, 4) is 0 Å². The van der Waals surface area contributed by atoms with Gasteiger partial charge in [0.15, 0.2) is 0 Å². The van der Waals surface area contributed by atoms with E-state index in [1.165, 1.54) is 0 Å². The molecule has 0 radical (unpaired) electrons. The second kappa shape index (κ2) is 6.12. The van der Waals surface area contributed by atoms with Gasteiger partial charge in [0.25, 0.3) is 0 Å². The van der Waals surface area contributed by atoms with Crippen LogP contribution in [-0.4, -0.2) is 34.6 Å². The van der Waals surface area contributed by atoms with Crippen LogP contribution in [0.15, 0.2) is 0 Å². The summed E-state index contributed by atoms with van der Waals surface area (Å²) in [5.74, 6) is -0.931. The lowest BCUT2D eigenvalue weighted by atomic mass is 10.2. The monoisotopic (exact) mass is 253 g/mol. The molecule has 0 spiro atoms. The predicted molar refractivity (Wildman–Crippen MR) is 62.2 cm³/mol. The van der Waals surface area contributed by atoms with Crippen molar-refractivity contribution in [1.82, 2.24) is 5.32 Å². The lowest BCUT2D eigenvalue weighted by Gasteiger charge is -2.21. The van der Waals surface area contributed by atoms with Crippen LogP contribution in [-0.2, 0) is 9.53 Å². The number of nitrogens with one attached hydrogen (secondary N) is 1. The van der Waals surface area contributed by atoms with Crippen LogP contribution in [0.2, 0.25) is 0 Å². The van der Waals surface area contributed by atoms with Crippen LogP contribution in [0.25, 0.3) is 0 Å². The van der Waals surface area contributed by atoms with Gasteiger partial charge in [0.05, 0.1) is 0 Å². The molecule has 0 unspecified atom stereocenters. The van der Waals surface area contributed by atoms with Gasteiger partial charge in [-0.05, 0) is 20.8 Å². The third-order valence-electron chi connectivity index (χ3n) is 1.23. The lowest BCUT2D eigenvalue weighted by molar-refractivity contribution is -0.138. The van der Waals surface area contributed by atoms with Gasteiger partial charge in [-0.1, -0.05) is 10.8 Å². The summed E-state index contributed by atoms with van der Waals surface area (Å²) < 4.78 is 4.92. The second-order valence-electron chi connectivity index (χ2n) is 3.83. The number of hydrogen-bond donors (Lipinski definition) is 3. The van der Waals surface area contributed by atoms with Crippen molar-refractivity contribution in [1.29, 1.82) is 0 Å². The molecule has 0 aromatic heterocycles. The maximum absolute atomic E-state index is 11.2. The smallest absolute Gasteiger partial charge is 0.408 e. The van der Waals surface area contributed by atoms with Crippen molar-refractivity contribution in [2.45, 2.75) is 32.4 Å². The Kier molecular flexibility index (Phi) is 5.89. The summed E-state index contributed by atoms with van der Waals surface area (Å²) in [6, 6.07) is -0.984. The largest absolute Gasteiger partial charge is 0.480 e. The van der Waals surface area contributed by atoms with Crippen LogP contribution in [0.5, 0.6) is 0 Å². The van der Waals surface area contributed by atoms with Gasteiger partial charge in [-0.25, -0.2) is 9.59 Å². The van der Waals surface area contributed by atoms with Crippen LogP contribution in [0.1, 0.15) is 20.8 Å². The number of carboxylic acids is 1. The van der Waals surface area contributed by atoms with Crippen molar-refractivity contribution in [2.75, 3.05) is 5.75 Å². The minimum absolute atomic E-state index is 0.178. The molecule has 1 atom stereocenters. The van der Waals surface area contributed by atoms with Crippen molar-refractivity contribution in [3.05, 3.63) is 0 Å². The van der Waals surface area contributed by atoms with Gasteiger partial charge in [-0.3, -0.25) is 0 Å². The minimum atomic E-state index is -1.11. The lowest BCUT2D eigenvalue weighted by Crippen LogP contribution is -2.44. The number of carbonyl (C=O) groups excluding carboxylic acids is 1. The number of carbonyl (C=O) groups is 2. The Bertz CT molecular complexity index is 239. The first-order chi connectivity index (χ1) is 6.76. The Morgan fingerprint density at radius 3 is 2.40 bits per heavy atom. The molecule has 15 heavy (non-hydrogen) atoms. The van der Waals surface area contributed by atoms with Gasteiger partial charge in [0, 0.05) is 5.75 Å². The van der Waals surface area contributed by atoms with E-state index < -0.39 is 23.7 Å². The molecule has 0 heterocycles. The minimum Gasteiger partial charge on any atom is -0.480 e. The fourth-order valence-electron chi connectivity index (χ4n) is 0.699. The van der Waals surface area contributed by atoms with E-state index in [0.717, 1.165) is 10.8 Å². The number of thiol groups is 1. The first-order valence-electron chi connectivity index (χ1n) is 4.25. The molecule has 0 aromatic rings. The zero-order valence-corrected chi connectivity index (χ0v) is 10.5. The molecule has 7 heteroatoms. The molecule has 0 aromatic carbocycles. The second-order valence-corrected chi connectivity index (χ2v) is 5.20. The van der Waals surface area contributed by atoms with Crippen LogP contribution in [0, 0.1) is 0 Å². The van der Waals surface area contributed by atoms with Crippen molar-refractivity contribution >= 4 is 34.5 Å². The standard InChI is InChI=1S/C8H15NO4S2/c1-8(2,3)13-7(12)9-5(4-15-14)6(10)11/h5,14H,4H2,1-3H3,(H,9,12)(H,10,11)/t5-/m0/s1. The number of aliphatic carboxylic acids is 1. The quantitative estimate of drug-likeness (QED) is 0.523. The van der Waals surface area contributed by atoms with E-state index in [1.54, 1.807) is 20.8 Å². The first kappa shape index (κ1) is 14.4. The molecule has 5 nitrogen and oxygen atoms in total. The van der Waals surface area contributed by atoms with E-state index in [9.17, 15) is 9.59 Å². The average Bonchev–Trinajstić information content (AvgIpc) is 1.99. The summed E-state index contributed by atoms with van der Waals surface area (Å²) in [4.78, 5) is 21.9. The van der Waals surface area contributed by atoms with E-state index in [4.69, 9.17) is 9.84 Å². The van der Waals surface area contributed by atoms with Gasteiger partial charge in [-0.15, -0.1) is 11.7 Å². The highest BCUT2D eigenvalue weighted by atomic mass is 33.1. The third kappa shape index (κ3) is 7.38. The Balaban J connectivity index is 4.18. The molecule has 88 valence electrons. The number of alkyl carbamates (subject to hydrolysis) is 1. The average molecular weight is 253 g/mol. The van der Waals surface area contributed by atoms with E-state index in [2.05, 4.69) is 17.0 Å². The summed E-state index contributed by atoms with van der Waals surface area (Å²) in [5, 5.41) is 11.0. The number of amides is 1. The molecule has 1 amide bonds. The number of hydrogen-bond acceptors (Lipinski definition) is 5. The Morgan fingerprint density at radius 2 is 2.07 bits per heavy atom. The summed E-state index contributed by atoms with van der Waals surface area (Å²) >= 11 is 3.82. The Labute approximate surface area is 97.8 Å². The molecule has 0 aliphatic heterocycles. The van der Waals surface area contributed by atoms with Gasteiger partial charge in [-0.2, -0.15) is 0 Å². The topological polar surface area (TPSA) is 75.6 Å². The summed E-state index contributed by atoms with van der Waals surface area (Å²) in [6.45, 7) is 5.11. The van der Waals surface area contributed by atoms with Crippen molar-refractivity contribution in [2.24, 2.45) is 0 Å². The summed E-state index contributed by atoms with van der Waals surface area (Å²) in [5.41, 5.74) is -0.638. The van der Waals surface area contributed by atoms with Crippen molar-refractivity contribution < 1.29 is 19.4 Å². The maximum atomic E-state index is 11.2. The van der Waals surface area contributed by atoms with Gasteiger partial charge < -0.3 is 15.2 Å². The molecular weight excluding hydrogens is 238 g/mol. The number of rotatable bonds is 4. The molecule has 2 N–H and O–H groups in total. The molecule has 0 aliphatic carbocycles. The van der Waals surface area contributed by atoms with E-state index in [0.29, 0.717) is 0 Å². The maximum Gasteiger partial charge on any atom is 0.408 e. The van der Waals surface area contributed by atoms with E-state index >= 15 is 0 Å². The zero-order chi connectivity index (χ0) is 12.1. The Hall–Kier alpha value is -0.560. The normalized spacial score (nSPS) is 13.1. The highest BCUT2D eigenvalue weighted by molar-refractivity contribution is 8.68. The highest BCUT2D eigenvalue weighted by Gasteiger charge is 2.23. The summed E-state index contributed by atoms with van der Waals surface area (Å²) in [7, 11) is 1.04. The van der Waals surface area contributed by atoms with E-state index in [-0.39, 0.29) is 5.75 Å².